The van der Waals surface area contributed by atoms with Gasteiger partial charge in [0.15, 0.2) is 0 Å². The number of benzene rings is 1. The summed E-state index contributed by atoms with van der Waals surface area (Å²) < 4.78 is 13.7. The third-order valence-electron chi connectivity index (χ3n) is 2.71. The first-order chi connectivity index (χ1) is 7.74. The van der Waals surface area contributed by atoms with Crippen LogP contribution in [0, 0.1) is 12.7 Å². The average molecular weight is 235 g/mol. The third kappa shape index (κ3) is 2.01. The standard InChI is InChI=1S/C13H14FNS/c1-9-7-16-8-11(9)13(15-2)10-5-3-4-6-12(10)14/h3-8,13,15H,1-2H3. The first-order valence-electron chi connectivity index (χ1n) is 5.18. The summed E-state index contributed by atoms with van der Waals surface area (Å²) >= 11 is 1.65. The number of halogens is 1. The summed E-state index contributed by atoms with van der Waals surface area (Å²) in [5.41, 5.74) is 3.05. The summed E-state index contributed by atoms with van der Waals surface area (Å²) in [6.07, 6.45) is 0. The minimum absolute atomic E-state index is 0.0625. The van der Waals surface area contributed by atoms with Gasteiger partial charge >= 0.3 is 0 Å². The Morgan fingerprint density at radius 2 is 1.94 bits per heavy atom. The second-order valence-electron chi connectivity index (χ2n) is 3.75. The molecule has 0 radical (unpaired) electrons. The number of rotatable bonds is 3. The van der Waals surface area contributed by atoms with Gasteiger partial charge in [-0.2, -0.15) is 11.3 Å². The van der Waals surface area contributed by atoms with E-state index in [2.05, 4.69) is 23.0 Å². The van der Waals surface area contributed by atoms with Crippen LogP contribution in [0.1, 0.15) is 22.7 Å². The maximum Gasteiger partial charge on any atom is 0.128 e. The number of hydrogen-bond acceptors (Lipinski definition) is 2. The van der Waals surface area contributed by atoms with Crippen LogP contribution in [0.4, 0.5) is 4.39 Å². The van der Waals surface area contributed by atoms with Gasteiger partial charge in [0, 0.05) is 5.56 Å². The summed E-state index contributed by atoms with van der Waals surface area (Å²) in [5, 5.41) is 7.33. The van der Waals surface area contributed by atoms with E-state index in [1.807, 2.05) is 19.2 Å². The Balaban J connectivity index is 2.45. The molecule has 2 rings (SSSR count). The van der Waals surface area contributed by atoms with Gasteiger partial charge in [0.25, 0.3) is 0 Å². The van der Waals surface area contributed by atoms with Gasteiger partial charge in [-0.3, -0.25) is 0 Å². The van der Waals surface area contributed by atoms with Crippen LogP contribution in [0.25, 0.3) is 0 Å². The van der Waals surface area contributed by atoms with Gasteiger partial charge in [-0.05, 0) is 41.9 Å². The van der Waals surface area contributed by atoms with E-state index in [9.17, 15) is 4.39 Å². The summed E-state index contributed by atoms with van der Waals surface area (Å²) in [6, 6.07) is 6.85. The lowest BCUT2D eigenvalue weighted by Crippen LogP contribution is -2.19. The van der Waals surface area contributed by atoms with Gasteiger partial charge < -0.3 is 5.32 Å². The molecule has 0 bridgehead atoms. The Labute approximate surface area is 98.9 Å². The minimum atomic E-state index is -0.160. The molecule has 1 unspecified atom stereocenters. The molecule has 1 aromatic carbocycles. The van der Waals surface area contributed by atoms with E-state index < -0.39 is 0 Å². The molecule has 3 heteroatoms. The molecular formula is C13H14FNS. The van der Waals surface area contributed by atoms with E-state index >= 15 is 0 Å². The first kappa shape index (κ1) is 11.3. The van der Waals surface area contributed by atoms with E-state index in [-0.39, 0.29) is 11.9 Å². The maximum atomic E-state index is 13.7. The van der Waals surface area contributed by atoms with Crippen molar-refractivity contribution in [1.82, 2.24) is 5.32 Å². The molecule has 1 atom stereocenters. The van der Waals surface area contributed by atoms with Gasteiger partial charge in [0.2, 0.25) is 0 Å². The molecule has 0 aliphatic carbocycles. The molecule has 0 aliphatic rings. The lowest BCUT2D eigenvalue weighted by Gasteiger charge is -2.17. The van der Waals surface area contributed by atoms with Crippen LogP contribution >= 0.6 is 11.3 Å². The van der Waals surface area contributed by atoms with E-state index in [0.29, 0.717) is 5.56 Å². The molecule has 1 heterocycles. The van der Waals surface area contributed by atoms with Crippen molar-refractivity contribution in [2.45, 2.75) is 13.0 Å². The smallest absolute Gasteiger partial charge is 0.128 e. The summed E-state index contributed by atoms with van der Waals surface area (Å²) in [7, 11) is 1.86. The Kier molecular flexibility index (Phi) is 3.36. The zero-order valence-corrected chi connectivity index (χ0v) is 10.1. The highest BCUT2D eigenvalue weighted by molar-refractivity contribution is 7.08. The molecule has 16 heavy (non-hydrogen) atoms. The lowest BCUT2D eigenvalue weighted by molar-refractivity contribution is 0.576. The van der Waals surface area contributed by atoms with Gasteiger partial charge in [0.05, 0.1) is 6.04 Å². The van der Waals surface area contributed by atoms with Gasteiger partial charge in [0.1, 0.15) is 5.82 Å². The van der Waals surface area contributed by atoms with Crippen LogP contribution in [0.15, 0.2) is 35.0 Å². The molecule has 2 aromatic rings. The van der Waals surface area contributed by atoms with Crippen LogP contribution in [-0.2, 0) is 0 Å². The average Bonchev–Trinajstić information content (AvgIpc) is 2.69. The third-order valence-corrected chi connectivity index (χ3v) is 3.59. The predicted molar refractivity (Wildman–Crippen MR) is 66.4 cm³/mol. The van der Waals surface area contributed by atoms with Crippen LogP contribution in [-0.4, -0.2) is 7.05 Å². The monoisotopic (exact) mass is 235 g/mol. The van der Waals surface area contributed by atoms with Gasteiger partial charge in [-0.25, -0.2) is 4.39 Å². The number of aryl methyl sites for hydroxylation is 1. The van der Waals surface area contributed by atoms with Crippen LogP contribution in [0.3, 0.4) is 0 Å². The summed E-state index contributed by atoms with van der Waals surface area (Å²) in [5.74, 6) is -0.160. The molecule has 1 aromatic heterocycles. The van der Waals surface area contributed by atoms with Crippen molar-refractivity contribution in [3.05, 3.63) is 57.5 Å². The van der Waals surface area contributed by atoms with Gasteiger partial charge in [-0.1, -0.05) is 18.2 Å². The van der Waals surface area contributed by atoms with Crippen molar-refractivity contribution in [2.75, 3.05) is 7.05 Å². The number of hydrogen-bond donors (Lipinski definition) is 1. The SMILES string of the molecule is CNC(c1cscc1C)c1ccccc1F. The molecule has 0 fully saturated rings. The normalized spacial score (nSPS) is 12.7. The first-order valence-corrected chi connectivity index (χ1v) is 6.12. The Bertz CT molecular complexity index is 478. The highest BCUT2D eigenvalue weighted by Crippen LogP contribution is 2.28. The Morgan fingerprint density at radius 1 is 1.19 bits per heavy atom. The zero-order valence-electron chi connectivity index (χ0n) is 9.33. The predicted octanol–water partition coefficient (Wildman–Crippen LogP) is 3.50. The van der Waals surface area contributed by atoms with Crippen LogP contribution in [0.5, 0.6) is 0 Å². The number of nitrogens with one attached hydrogen (secondary N) is 1. The highest BCUT2D eigenvalue weighted by atomic mass is 32.1. The fourth-order valence-corrected chi connectivity index (χ4v) is 2.73. The molecule has 0 saturated carbocycles. The molecule has 0 spiro atoms. The van der Waals surface area contributed by atoms with Crippen LogP contribution in [0.2, 0.25) is 0 Å². The van der Waals surface area contributed by atoms with Crippen molar-refractivity contribution in [2.24, 2.45) is 0 Å². The summed E-state index contributed by atoms with van der Waals surface area (Å²) in [4.78, 5) is 0. The van der Waals surface area contributed by atoms with E-state index in [1.54, 1.807) is 17.4 Å². The summed E-state index contributed by atoms with van der Waals surface area (Å²) in [6.45, 7) is 2.05. The topological polar surface area (TPSA) is 12.0 Å². The maximum absolute atomic E-state index is 13.7. The molecule has 0 amide bonds. The molecular weight excluding hydrogens is 221 g/mol. The van der Waals surface area contributed by atoms with Crippen molar-refractivity contribution >= 4 is 11.3 Å². The van der Waals surface area contributed by atoms with E-state index in [0.717, 1.165) is 5.56 Å². The zero-order chi connectivity index (χ0) is 11.5. The Hall–Kier alpha value is -1.19. The fourth-order valence-electron chi connectivity index (χ4n) is 1.85. The molecule has 0 aliphatic heterocycles. The van der Waals surface area contributed by atoms with E-state index in [1.165, 1.54) is 11.6 Å². The van der Waals surface area contributed by atoms with Crippen molar-refractivity contribution in [3.63, 3.8) is 0 Å². The van der Waals surface area contributed by atoms with Crippen molar-refractivity contribution in [1.29, 1.82) is 0 Å². The van der Waals surface area contributed by atoms with Crippen molar-refractivity contribution in [3.8, 4) is 0 Å². The van der Waals surface area contributed by atoms with Crippen LogP contribution < -0.4 is 5.32 Å². The Morgan fingerprint density at radius 3 is 2.50 bits per heavy atom. The number of thiophene rings is 1. The lowest BCUT2D eigenvalue weighted by atomic mass is 9.98. The quantitative estimate of drug-likeness (QED) is 0.858. The minimum Gasteiger partial charge on any atom is -0.309 e. The molecule has 84 valence electrons. The highest BCUT2D eigenvalue weighted by Gasteiger charge is 2.17. The van der Waals surface area contributed by atoms with Gasteiger partial charge in [-0.15, -0.1) is 0 Å². The molecule has 1 N–H and O–H groups in total. The fraction of sp³-hybridized carbons (Fsp3) is 0.231. The van der Waals surface area contributed by atoms with Crippen molar-refractivity contribution < 1.29 is 4.39 Å². The molecule has 1 nitrogen and oxygen atoms in total. The second-order valence-corrected chi connectivity index (χ2v) is 4.50. The van der Waals surface area contributed by atoms with E-state index in [4.69, 9.17) is 0 Å². The molecule has 0 saturated heterocycles. The second kappa shape index (κ2) is 4.76. The largest absolute Gasteiger partial charge is 0.309 e.